The van der Waals surface area contributed by atoms with Gasteiger partial charge in [-0.2, -0.15) is 0 Å². The second-order valence-electron chi connectivity index (χ2n) is 5.48. The van der Waals surface area contributed by atoms with E-state index in [9.17, 15) is 0 Å². The van der Waals surface area contributed by atoms with E-state index in [1.54, 1.807) is 12.3 Å². The fourth-order valence-electron chi connectivity index (χ4n) is 2.58. The van der Waals surface area contributed by atoms with E-state index in [0.29, 0.717) is 16.0 Å². The first-order valence-electron chi connectivity index (χ1n) is 7.55. The predicted octanol–water partition coefficient (Wildman–Crippen LogP) is 3.29. The number of nitrogens with zero attached hydrogens (tertiary/aromatic N) is 2. The zero-order chi connectivity index (χ0) is 15.1. The summed E-state index contributed by atoms with van der Waals surface area (Å²) in [7, 11) is 0. The maximum Gasteiger partial charge on any atom is 0.171 e. The van der Waals surface area contributed by atoms with E-state index in [4.69, 9.17) is 23.8 Å². The highest BCUT2D eigenvalue weighted by molar-refractivity contribution is 7.80. The second-order valence-corrected chi connectivity index (χ2v) is 6.32. The summed E-state index contributed by atoms with van der Waals surface area (Å²) in [5.41, 5.74) is 0. The summed E-state index contributed by atoms with van der Waals surface area (Å²) in [5, 5.41) is 7.50. The minimum atomic E-state index is 0.608. The van der Waals surface area contributed by atoms with Crippen LogP contribution in [0.5, 0.6) is 0 Å². The molecule has 1 unspecified atom stereocenters. The third-order valence-electron chi connectivity index (χ3n) is 3.82. The lowest BCUT2D eigenvalue weighted by atomic mass is 10.0. The Kier molecular flexibility index (Phi) is 6.67. The molecule has 1 saturated heterocycles. The van der Waals surface area contributed by atoms with Crippen molar-refractivity contribution in [2.75, 3.05) is 25.0 Å². The zero-order valence-electron chi connectivity index (χ0n) is 12.4. The molecule has 0 radical (unpaired) electrons. The highest BCUT2D eigenvalue weighted by Crippen LogP contribution is 2.16. The molecule has 0 aliphatic carbocycles. The Hall–Kier alpha value is -0.910. The molecule has 116 valence electrons. The molecular formula is C15H23ClN4S. The number of likely N-dealkylation sites (tertiary alicyclic amines) is 1. The molecule has 1 aliphatic rings. The molecule has 4 nitrogen and oxygen atoms in total. The first-order chi connectivity index (χ1) is 10.1. The van der Waals surface area contributed by atoms with Gasteiger partial charge in [0.05, 0.1) is 5.02 Å². The van der Waals surface area contributed by atoms with Crippen molar-refractivity contribution < 1.29 is 0 Å². The highest BCUT2D eigenvalue weighted by atomic mass is 35.5. The van der Waals surface area contributed by atoms with E-state index < -0.39 is 0 Å². The number of pyridine rings is 1. The van der Waals surface area contributed by atoms with Crippen LogP contribution in [0.1, 0.15) is 32.6 Å². The van der Waals surface area contributed by atoms with Gasteiger partial charge >= 0.3 is 0 Å². The average Bonchev–Trinajstić information content (AvgIpc) is 2.48. The van der Waals surface area contributed by atoms with Gasteiger partial charge in [0.1, 0.15) is 5.82 Å². The number of anilines is 1. The van der Waals surface area contributed by atoms with Gasteiger partial charge in [0.2, 0.25) is 0 Å². The lowest BCUT2D eigenvalue weighted by molar-refractivity contribution is 0.159. The van der Waals surface area contributed by atoms with Crippen LogP contribution in [0.15, 0.2) is 18.3 Å². The number of piperidine rings is 1. The van der Waals surface area contributed by atoms with Crippen molar-refractivity contribution in [3.8, 4) is 0 Å². The molecule has 0 amide bonds. The zero-order valence-corrected chi connectivity index (χ0v) is 14.0. The Balaban J connectivity index is 1.61. The van der Waals surface area contributed by atoms with Crippen molar-refractivity contribution in [1.29, 1.82) is 0 Å². The predicted molar refractivity (Wildman–Crippen MR) is 93.0 cm³/mol. The topological polar surface area (TPSA) is 40.2 Å². The van der Waals surface area contributed by atoms with Crippen molar-refractivity contribution in [2.24, 2.45) is 0 Å². The van der Waals surface area contributed by atoms with E-state index in [2.05, 4.69) is 27.4 Å². The molecule has 1 aromatic heterocycles. The van der Waals surface area contributed by atoms with Crippen molar-refractivity contribution in [3.63, 3.8) is 0 Å². The summed E-state index contributed by atoms with van der Waals surface area (Å²) in [4.78, 5) is 6.72. The van der Waals surface area contributed by atoms with Crippen LogP contribution in [0.4, 0.5) is 5.82 Å². The molecule has 1 fully saturated rings. The Morgan fingerprint density at radius 1 is 1.48 bits per heavy atom. The molecule has 0 bridgehead atoms. The standard InChI is InChI=1S/C15H23ClN4S/c1-12-5-2-3-9-20(12)10-4-8-17-15(21)19-14-7-6-13(16)11-18-14/h6-7,11-12H,2-5,8-10H2,1H3,(H2,17,18,19,21). The molecule has 0 spiro atoms. The van der Waals surface area contributed by atoms with Gasteiger partial charge in [-0.1, -0.05) is 18.0 Å². The average molecular weight is 327 g/mol. The maximum atomic E-state index is 5.79. The smallest absolute Gasteiger partial charge is 0.171 e. The molecular weight excluding hydrogens is 304 g/mol. The summed E-state index contributed by atoms with van der Waals surface area (Å²) in [6, 6.07) is 4.32. The minimum absolute atomic E-state index is 0.608. The Bertz CT molecular complexity index is 451. The van der Waals surface area contributed by atoms with E-state index in [1.165, 1.54) is 25.8 Å². The molecule has 2 heterocycles. The number of hydrogen-bond donors (Lipinski definition) is 2. The van der Waals surface area contributed by atoms with Gasteiger partial charge in [-0.15, -0.1) is 0 Å². The van der Waals surface area contributed by atoms with Crippen LogP contribution in [-0.4, -0.2) is 40.7 Å². The van der Waals surface area contributed by atoms with Crippen LogP contribution < -0.4 is 10.6 Å². The van der Waals surface area contributed by atoms with E-state index in [0.717, 1.165) is 25.6 Å². The third kappa shape index (κ3) is 5.77. The Morgan fingerprint density at radius 2 is 2.33 bits per heavy atom. The summed E-state index contributed by atoms with van der Waals surface area (Å²) in [5.74, 6) is 0.710. The van der Waals surface area contributed by atoms with Crippen molar-refractivity contribution in [2.45, 2.75) is 38.6 Å². The number of thiocarbonyl (C=S) groups is 1. The van der Waals surface area contributed by atoms with Gasteiger partial charge in [0, 0.05) is 25.3 Å². The molecule has 6 heteroatoms. The summed E-state index contributed by atoms with van der Waals surface area (Å²) < 4.78 is 0. The number of halogens is 1. The molecule has 2 rings (SSSR count). The molecule has 1 aromatic rings. The quantitative estimate of drug-likeness (QED) is 0.642. The van der Waals surface area contributed by atoms with Crippen molar-refractivity contribution in [1.82, 2.24) is 15.2 Å². The van der Waals surface area contributed by atoms with Gasteiger partial charge < -0.3 is 15.5 Å². The summed E-state index contributed by atoms with van der Waals surface area (Å²) in [6.45, 7) is 5.57. The number of nitrogens with one attached hydrogen (secondary N) is 2. The molecule has 1 atom stereocenters. The van der Waals surface area contributed by atoms with E-state index >= 15 is 0 Å². The van der Waals surface area contributed by atoms with Crippen molar-refractivity contribution >= 4 is 34.7 Å². The monoisotopic (exact) mass is 326 g/mol. The first-order valence-corrected chi connectivity index (χ1v) is 8.34. The van der Waals surface area contributed by atoms with Gasteiger partial charge in [0.25, 0.3) is 0 Å². The molecule has 0 saturated carbocycles. The lowest BCUT2D eigenvalue weighted by Crippen LogP contribution is -2.39. The van der Waals surface area contributed by atoms with Gasteiger partial charge in [-0.3, -0.25) is 0 Å². The molecule has 1 aliphatic heterocycles. The van der Waals surface area contributed by atoms with Crippen LogP contribution in [0, 0.1) is 0 Å². The summed E-state index contributed by atoms with van der Waals surface area (Å²) in [6.07, 6.45) is 6.73. The maximum absolute atomic E-state index is 5.79. The second kappa shape index (κ2) is 8.51. The van der Waals surface area contributed by atoms with Gasteiger partial charge in [-0.05, 0) is 57.1 Å². The minimum Gasteiger partial charge on any atom is -0.362 e. The van der Waals surface area contributed by atoms with Gasteiger partial charge in [0.15, 0.2) is 5.11 Å². The fourth-order valence-corrected chi connectivity index (χ4v) is 2.90. The van der Waals surface area contributed by atoms with Crippen LogP contribution in [0.25, 0.3) is 0 Å². The molecule has 2 N–H and O–H groups in total. The fraction of sp³-hybridized carbons (Fsp3) is 0.600. The Labute approximate surface area is 137 Å². The molecule has 21 heavy (non-hydrogen) atoms. The third-order valence-corrected chi connectivity index (χ3v) is 4.29. The highest BCUT2D eigenvalue weighted by Gasteiger charge is 2.16. The van der Waals surface area contributed by atoms with Crippen molar-refractivity contribution in [3.05, 3.63) is 23.4 Å². The molecule has 0 aromatic carbocycles. The van der Waals surface area contributed by atoms with E-state index in [1.807, 2.05) is 6.07 Å². The summed E-state index contributed by atoms with van der Waals surface area (Å²) >= 11 is 11.0. The van der Waals surface area contributed by atoms with Crippen LogP contribution in [0.2, 0.25) is 5.02 Å². The van der Waals surface area contributed by atoms with Crippen LogP contribution in [-0.2, 0) is 0 Å². The van der Waals surface area contributed by atoms with Crippen LogP contribution >= 0.6 is 23.8 Å². The largest absolute Gasteiger partial charge is 0.362 e. The first kappa shape index (κ1) is 16.5. The van der Waals surface area contributed by atoms with Crippen LogP contribution in [0.3, 0.4) is 0 Å². The SMILES string of the molecule is CC1CCCCN1CCCNC(=S)Nc1ccc(Cl)cn1. The number of hydrogen-bond acceptors (Lipinski definition) is 3. The normalized spacial score (nSPS) is 19.2. The lowest BCUT2D eigenvalue weighted by Gasteiger charge is -2.33. The van der Waals surface area contributed by atoms with E-state index in [-0.39, 0.29) is 0 Å². The Morgan fingerprint density at radius 3 is 3.05 bits per heavy atom. The van der Waals surface area contributed by atoms with Gasteiger partial charge in [-0.25, -0.2) is 4.98 Å². The number of rotatable bonds is 5. The number of aromatic nitrogens is 1.